The number of hydrogen-bond acceptors (Lipinski definition) is 4. The van der Waals surface area contributed by atoms with Crippen molar-refractivity contribution in [1.29, 1.82) is 0 Å². The van der Waals surface area contributed by atoms with Crippen LogP contribution in [0.15, 0.2) is 48.5 Å². The van der Waals surface area contributed by atoms with E-state index in [1.54, 1.807) is 36.4 Å². The summed E-state index contributed by atoms with van der Waals surface area (Å²) in [6.45, 7) is 0. The molecule has 0 atom stereocenters. The van der Waals surface area contributed by atoms with Crippen molar-refractivity contribution in [2.24, 2.45) is 11.5 Å². The van der Waals surface area contributed by atoms with E-state index in [-0.39, 0.29) is 22.9 Å². The Morgan fingerprint density at radius 3 is 1.39 bits per heavy atom. The lowest BCUT2D eigenvalue weighted by molar-refractivity contribution is 0.0878. The summed E-state index contributed by atoms with van der Waals surface area (Å²) in [6, 6.07) is 12.9. The molecule has 0 saturated carbocycles. The Morgan fingerprint density at radius 2 is 1.04 bits per heavy atom. The van der Waals surface area contributed by atoms with E-state index in [4.69, 9.17) is 11.5 Å². The van der Waals surface area contributed by atoms with Crippen molar-refractivity contribution >= 4 is 23.6 Å². The number of imide groups is 1. The first-order chi connectivity index (χ1) is 10.9. The average Bonchev–Trinajstić information content (AvgIpc) is 2.83. The number of fused-ring (bicyclic) bond motifs is 1. The van der Waals surface area contributed by atoms with Gasteiger partial charge in [-0.25, -0.2) is 0 Å². The average molecular weight is 311 g/mol. The lowest BCUT2D eigenvalue weighted by Gasteiger charge is -2.00. The van der Waals surface area contributed by atoms with E-state index in [1.807, 2.05) is 0 Å². The Kier molecular flexibility index (Phi) is 4.51. The first-order valence-electron chi connectivity index (χ1n) is 6.55. The largest absolute Gasteiger partial charge is 0.366 e. The van der Waals surface area contributed by atoms with E-state index in [1.165, 1.54) is 12.1 Å². The molecule has 2 aromatic carbocycles. The minimum atomic E-state index is -0.649. The van der Waals surface area contributed by atoms with Crippen molar-refractivity contribution in [1.82, 2.24) is 5.32 Å². The van der Waals surface area contributed by atoms with E-state index in [0.717, 1.165) is 0 Å². The molecule has 1 heterocycles. The van der Waals surface area contributed by atoms with Gasteiger partial charge < -0.3 is 11.5 Å². The van der Waals surface area contributed by atoms with E-state index in [2.05, 4.69) is 5.32 Å². The molecule has 0 aromatic heterocycles. The number of hydrogen-bond donors (Lipinski definition) is 3. The maximum atomic E-state index is 10.9. The maximum absolute atomic E-state index is 10.9. The second-order valence-corrected chi connectivity index (χ2v) is 4.60. The van der Waals surface area contributed by atoms with Crippen LogP contribution in [0.3, 0.4) is 0 Å². The molecule has 0 radical (unpaired) electrons. The molecule has 0 spiro atoms. The highest BCUT2D eigenvalue weighted by Gasteiger charge is 2.25. The molecular formula is C16H13N3O4. The van der Waals surface area contributed by atoms with Crippen LogP contribution in [0.5, 0.6) is 0 Å². The topological polar surface area (TPSA) is 132 Å². The third-order valence-corrected chi connectivity index (χ3v) is 3.10. The Bertz CT molecular complexity index is 748. The van der Waals surface area contributed by atoms with Crippen LogP contribution in [0, 0.1) is 0 Å². The first-order valence-corrected chi connectivity index (χ1v) is 6.55. The Hall–Kier alpha value is -3.48. The predicted octanol–water partition coefficient (Wildman–Crippen LogP) is 0.455. The number of primary amides is 2. The highest BCUT2D eigenvalue weighted by molar-refractivity contribution is 6.21. The van der Waals surface area contributed by atoms with Gasteiger partial charge in [-0.2, -0.15) is 0 Å². The summed E-state index contributed by atoms with van der Waals surface area (Å²) in [5.74, 6) is -1.90. The zero-order chi connectivity index (χ0) is 17.0. The molecule has 0 fully saturated rings. The van der Waals surface area contributed by atoms with Crippen LogP contribution in [0.2, 0.25) is 0 Å². The van der Waals surface area contributed by atoms with Crippen LogP contribution < -0.4 is 16.8 Å². The number of amides is 4. The Balaban J connectivity index is 0.000000167. The molecule has 0 unspecified atom stereocenters. The minimum absolute atomic E-state index is 0.157. The van der Waals surface area contributed by atoms with Crippen molar-refractivity contribution in [2.75, 3.05) is 0 Å². The van der Waals surface area contributed by atoms with E-state index in [0.29, 0.717) is 11.1 Å². The van der Waals surface area contributed by atoms with Crippen LogP contribution in [-0.2, 0) is 0 Å². The summed E-state index contributed by atoms with van der Waals surface area (Å²) in [4.78, 5) is 43.4. The normalized spacial score (nSPS) is 11.8. The highest BCUT2D eigenvalue weighted by Crippen LogP contribution is 2.13. The number of nitrogens with one attached hydrogen (secondary N) is 1. The SMILES string of the molecule is NC(=O)c1ccccc1C(N)=O.O=C1NC(=O)c2ccccc21. The standard InChI is InChI=1S/C8H8N2O2.C8H5NO2/c9-7(11)5-3-1-2-4-6(5)8(10)12;10-7-5-3-1-2-4-6(5)8(11)9-7/h1-4H,(H2,9,11)(H2,10,12);1-4H,(H,9,10,11). The molecule has 4 amide bonds. The van der Waals surface area contributed by atoms with Gasteiger partial charge in [0.25, 0.3) is 11.8 Å². The second-order valence-electron chi connectivity index (χ2n) is 4.60. The maximum Gasteiger partial charge on any atom is 0.258 e. The molecule has 3 rings (SSSR count). The van der Waals surface area contributed by atoms with Gasteiger partial charge in [0.1, 0.15) is 0 Å². The molecule has 0 aliphatic carbocycles. The quantitative estimate of drug-likeness (QED) is 0.695. The Morgan fingerprint density at radius 1 is 0.696 bits per heavy atom. The summed E-state index contributed by atoms with van der Waals surface area (Å²) >= 11 is 0. The van der Waals surface area contributed by atoms with Gasteiger partial charge in [0, 0.05) is 0 Å². The van der Waals surface area contributed by atoms with Crippen LogP contribution in [0.1, 0.15) is 41.4 Å². The molecule has 23 heavy (non-hydrogen) atoms. The predicted molar refractivity (Wildman–Crippen MR) is 81.7 cm³/mol. The zero-order valence-electron chi connectivity index (χ0n) is 11.9. The number of carbonyl (C=O) groups is 4. The van der Waals surface area contributed by atoms with Gasteiger partial charge in [-0.3, -0.25) is 24.5 Å². The molecule has 1 aliphatic heterocycles. The van der Waals surface area contributed by atoms with Gasteiger partial charge >= 0.3 is 0 Å². The summed E-state index contributed by atoms with van der Waals surface area (Å²) in [5, 5.41) is 2.20. The van der Waals surface area contributed by atoms with Crippen molar-refractivity contribution in [3.8, 4) is 0 Å². The third-order valence-electron chi connectivity index (χ3n) is 3.10. The van der Waals surface area contributed by atoms with Crippen molar-refractivity contribution in [3.05, 3.63) is 70.8 Å². The molecule has 1 aliphatic rings. The number of rotatable bonds is 2. The zero-order valence-corrected chi connectivity index (χ0v) is 11.9. The second kappa shape index (κ2) is 6.52. The van der Waals surface area contributed by atoms with Crippen molar-refractivity contribution in [2.45, 2.75) is 0 Å². The van der Waals surface area contributed by atoms with E-state index < -0.39 is 11.8 Å². The fourth-order valence-corrected chi connectivity index (χ4v) is 2.03. The molecule has 2 aromatic rings. The van der Waals surface area contributed by atoms with Crippen LogP contribution in [-0.4, -0.2) is 23.6 Å². The van der Waals surface area contributed by atoms with Gasteiger partial charge in [0.2, 0.25) is 11.8 Å². The molecule has 116 valence electrons. The fraction of sp³-hybridized carbons (Fsp3) is 0. The monoisotopic (exact) mass is 311 g/mol. The molecule has 7 nitrogen and oxygen atoms in total. The van der Waals surface area contributed by atoms with E-state index in [9.17, 15) is 19.2 Å². The van der Waals surface area contributed by atoms with Gasteiger partial charge in [0.05, 0.1) is 22.3 Å². The summed E-state index contributed by atoms with van der Waals surface area (Å²) in [5.41, 5.74) is 11.3. The van der Waals surface area contributed by atoms with Crippen molar-refractivity contribution < 1.29 is 19.2 Å². The van der Waals surface area contributed by atoms with Crippen molar-refractivity contribution in [3.63, 3.8) is 0 Å². The molecule has 0 bridgehead atoms. The Labute approximate surface area is 131 Å². The number of carbonyl (C=O) groups excluding carboxylic acids is 4. The molecular weight excluding hydrogens is 298 g/mol. The van der Waals surface area contributed by atoms with Crippen LogP contribution >= 0.6 is 0 Å². The minimum Gasteiger partial charge on any atom is -0.366 e. The highest BCUT2D eigenvalue weighted by atomic mass is 16.2. The molecule has 5 N–H and O–H groups in total. The summed E-state index contributed by atoms with van der Waals surface area (Å²) in [7, 11) is 0. The number of benzene rings is 2. The van der Waals surface area contributed by atoms with Gasteiger partial charge in [-0.05, 0) is 24.3 Å². The third kappa shape index (κ3) is 3.41. The summed E-state index contributed by atoms with van der Waals surface area (Å²) in [6.07, 6.45) is 0. The molecule has 0 saturated heterocycles. The fourth-order valence-electron chi connectivity index (χ4n) is 2.03. The van der Waals surface area contributed by atoms with Gasteiger partial charge in [-0.1, -0.05) is 24.3 Å². The summed E-state index contributed by atoms with van der Waals surface area (Å²) < 4.78 is 0. The van der Waals surface area contributed by atoms with Gasteiger partial charge in [-0.15, -0.1) is 0 Å². The van der Waals surface area contributed by atoms with Crippen LogP contribution in [0.4, 0.5) is 0 Å². The van der Waals surface area contributed by atoms with Gasteiger partial charge in [0.15, 0.2) is 0 Å². The first kappa shape index (κ1) is 15.9. The number of nitrogens with two attached hydrogens (primary N) is 2. The molecule has 7 heteroatoms. The lowest BCUT2D eigenvalue weighted by Crippen LogP contribution is -2.20. The lowest BCUT2D eigenvalue weighted by atomic mass is 10.1. The van der Waals surface area contributed by atoms with Crippen LogP contribution in [0.25, 0.3) is 0 Å². The van der Waals surface area contributed by atoms with E-state index >= 15 is 0 Å². The smallest absolute Gasteiger partial charge is 0.258 e.